The molecule has 0 aliphatic heterocycles. The van der Waals surface area contributed by atoms with Gasteiger partial charge < -0.3 is 20.1 Å². The summed E-state index contributed by atoms with van der Waals surface area (Å²) >= 11 is 0. The van der Waals surface area contributed by atoms with Crippen LogP contribution >= 0.6 is 0 Å². The van der Waals surface area contributed by atoms with Crippen molar-refractivity contribution in [2.45, 2.75) is 12.8 Å². The zero-order valence-electron chi connectivity index (χ0n) is 21.3. The Hall–Kier alpha value is -4.58. The Bertz CT molecular complexity index is 1380. The molecule has 1 saturated carbocycles. The second-order valence-corrected chi connectivity index (χ2v) is 9.00. The Morgan fingerprint density at radius 3 is 2.36 bits per heavy atom. The van der Waals surface area contributed by atoms with Crippen LogP contribution in [0.3, 0.4) is 0 Å². The molecule has 0 spiro atoms. The van der Waals surface area contributed by atoms with Crippen molar-refractivity contribution >= 4 is 35.0 Å². The molecule has 1 heterocycles. The third-order valence-corrected chi connectivity index (χ3v) is 6.26. The molecule has 3 N–H and O–H groups in total. The second-order valence-electron chi connectivity index (χ2n) is 9.00. The largest absolute Gasteiger partial charge is 0.457 e. The van der Waals surface area contributed by atoms with Crippen LogP contribution in [-0.4, -0.2) is 55.0 Å². The highest BCUT2D eigenvalue weighted by Gasteiger charge is 2.57. The summed E-state index contributed by atoms with van der Waals surface area (Å²) in [5, 5.41) is 2.63. The van der Waals surface area contributed by atoms with E-state index in [2.05, 4.69) is 10.3 Å². The van der Waals surface area contributed by atoms with Crippen molar-refractivity contribution in [3.05, 3.63) is 72.4 Å². The number of primary amides is 1. The number of anilines is 3. The number of likely N-dealkylation sites (N-methyl/N-ethyl adjacent to an activating group) is 1. The van der Waals surface area contributed by atoms with Crippen LogP contribution < -0.4 is 20.7 Å². The first-order valence-corrected chi connectivity index (χ1v) is 12.0. The van der Waals surface area contributed by atoms with Gasteiger partial charge in [0.25, 0.3) is 0 Å². The Labute approximate surface area is 223 Å². The molecule has 2 aromatic carbocycles. The summed E-state index contributed by atoms with van der Waals surface area (Å²) in [7, 11) is 3.14. The van der Waals surface area contributed by atoms with Gasteiger partial charge in [-0.3, -0.25) is 19.8 Å². The Morgan fingerprint density at radius 2 is 1.74 bits per heavy atom. The number of benzene rings is 2. The zero-order valence-corrected chi connectivity index (χ0v) is 21.3. The number of nitrogens with one attached hydrogen (secondary N) is 1. The summed E-state index contributed by atoms with van der Waals surface area (Å²) in [6, 6.07) is 11.3. The van der Waals surface area contributed by atoms with E-state index in [1.165, 1.54) is 54.6 Å². The molecule has 3 aromatic rings. The quantitative estimate of drug-likeness (QED) is 0.372. The van der Waals surface area contributed by atoms with Gasteiger partial charge in [0, 0.05) is 44.7 Å². The molecule has 4 amide bonds. The van der Waals surface area contributed by atoms with E-state index in [1.54, 1.807) is 7.05 Å². The van der Waals surface area contributed by atoms with E-state index in [4.69, 9.17) is 15.2 Å². The molecule has 0 atom stereocenters. The average Bonchev–Trinajstić information content (AvgIpc) is 3.72. The number of nitrogens with zero attached hydrogens (tertiary/aromatic N) is 3. The molecular formula is C27H27F2N5O5. The van der Waals surface area contributed by atoms with E-state index in [9.17, 15) is 18.8 Å². The number of ether oxygens (including phenoxy) is 2. The first-order chi connectivity index (χ1) is 18.6. The lowest BCUT2D eigenvalue weighted by molar-refractivity contribution is -0.133. The second kappa shape index (κ2) is 11.4. The molecule has 0 radical (unpaired) electrons. The van der Waals surface area contributed by atoms with Gasteiger partial charge in [0.2, 0.25) is 11.8 Å². The predicted molar refractivity (Wildman–Crippen MR) is 139 cm³/mol. The van der Waals surface area contributed by atoms with Crippen LogP contribution in [0.5, 0.6) is 11.5 Å². The van der Waals surface area contributed by atoms with Crippen molar-refractivity contribution in [3.63, 3.8) is 0 Å². The Morgan fingerprint density at radius 1 is 1.05 bits per heavy atom. The topological polar surface area (TPSA) is 127 Å². The lowest BCUT2D eigenvalue weighted by Crippen LogP contribution is -2.41. The minimum absolute atomic E-state index is 0.0967. The fourth-order valence-electron chi connectivity index (χ4n) is 3.81. The number of hydrogen-bond acceptors (Lipinski definition) is 6. The summed E-state index contributed by atoms with van der Waals surface area (Å²) in [5.41, 5.74) is 4.05. The molecular weight excluding hydrogens is 512 g/mol. The van der Waals surface area contributed by atoms with Crippen molar-refractivity contribution < 1.29 is 32.6 Å². The van der Waals surface area contributed by atoms with Crippen LogP contribution in [-0.2, 0) is 14.3 Å². The Balaban J connectivity index is 1.56. The number of methoxy groups -OCH3 is 1. The number of pyridine rings is 1. The zero-order chi connectivity index (χ0) is 28.2. The molecule has 1 aromatic heterocycles. The molecule has 1 aliphatic rings. The maximum Gasteiger partial charge on any atom is 0.322 e. The molecule has 1 fully saturated rings. The van der Waals surface area contributed by atoms with Gasteiger partial charge in [0.1, 0.15) is 28.5 Å². The standard InChI is InChI=1S/C27H27F2N5O5/c1-33(13-14-38-2)26(37)32-23-16-20(9-12-31-23)39-19-7-8-22(21(29)15-19)34(18-5-3-17(28)4-6-18)25(36)27(10-11-27)24(30)35/h3-9,12,15-16H,10-11,13-14H2,1-2H3,(H2,30,35)(H,31,32,37). The van der Waals surface area contributed by atoms with Gasteiger partial charge in [0.05, 0.1) is 12.3 Å². The molecule has 0 saturated heterocycles. The van der Waals surface area contributed by atoms with E-state index >= 15 is 4.39 Å². The van der Waals surface area contributed by atoms with Gasteiger partial charge >= 0.3 is 6.03 Å². The molecule has 12 heteroatoms. The van der Waals surface area contributed by atoms with Crippen LogP contribution in [0.2, 0.25) is 0 Å². The van der Waals surface area contributed by atoms with Gasteiger partial charge in [-0.15, -0.1) is 0 Å². The van der Waals surface area contributed by atoms with E-state index in [1.807, 2.05) is 0 Å². The Kier molecular flexibility index (Phi) is 8.05. The molecule has 204 valence electrons. The number of carbonyl (C=O) groups excluding carboxylic acids is 3. The first-order valence-electron chi connectivity index (χ1n) is 12.0. The van der Waals surface area contributed by atoms with Gasteiger partial charge in [-0.2, -0.15) is 0 Å². The number of aromatic nitrogens is 1. The molecule has 0 unspecified atom stereocenters. The van der Waals surface area contributed by atoms with Crippen molar-refractivity contribution in [2.75, 3.05) is 37.5 Å². The van der Waals surface area contributed by atoms with Gasteiger partial charge in [-0.05, 0) is 55.3 Å². The van der Waals surface area contributed by atoms with E-state index in [-0.39, 0.29) is 41.5 Å². The molecule has 4 rings (SSSR count). The SMILES string of the molecule is COCCN(C)C(=O)Nc1cc(Oc2ccc(N(C(=O)C3(C(N)=O)CC3)c3ccc(F)cc3)c(F)c2)ccn1. The summed E-state index contributed by atoms with van der Waals surface area (Å²) < 4.78 is 39.7. The predicted octanol–water partition coefficient (Wildman–Crippen LogP) is 4.19. The number of halogens is 2. The number of hydrogen-bond donors (Lipinski definition) is 2. The van der Waals surface area contributed by atoms with Gasteiger partial charge in [-0.1, -0.05) is 0 Å². The number of urea groups is 1. The highest BCUT2D eigenvalue weighted by atomic mass is 19.1. The van der Waals surface area contributed by atoms with E-state index < -0.39 is 34.9 Å². The number of carbonyl (C=O) groups is 3. The minimum Gasteiger partial charge on any atom is -0.457 e. The summed E-state index contributed by atoms with van der Waals surface area (Å²) in [4.78, 5) is 44.2. The van der Waals surface area contributed by atoms with Gasteiger partial charge in [-0.25, -0.2) is 18.6 Å². The van der Waals surface area contributed by atoms with Crippen molar-refractivity contribution in [1.29, 1.82) is 0 Å². The van der Waals surface area contributed by atoms with Crippen LogP contribution in [0.1, 0.15) is 12.8 Å². The normalized spacial score (nSPS) is 13.3. The summed E-state index contributed by atoms with van der Waals surface area (Å²) in [5.74, 6) is -2.28. The molecule has 10 nitrogen and oxygen atoms in total. The van der Waals surface area contributed by atoms with E-state index in [0.29, 0.717) is 13.2 Å². The summed E-state index contributed by atoms with van der Waals surface area (Å²) in [6.07, 6.45) is 1.90. The monoisotopic (exact) mass is 539 g/mol. The maximum absolute atomic E-state index is 15.4. The molecule has 1 aliphatic carbocycles. The fourth-order valence-corrected chi connectivity index (χ4v) is 3.81. The van der Waals surface area contributed by atoms with Crippen molar-refractivity contribution in [1.82, 2.24) is 9.88 Å². The van der Waals surface area contributed by atoms with Crippen molar-refractivity contribution in [3.8, 4) is 11.5 Å². The number of amides is 4. The van der Waals surface area contributed by atoms with Crippen LogP contribution in [0, 0.1) is 17.0 Å². The average molecular weight is 540 g/mol. The maximum atomic E-state index is 15.4. The minimum atomic E-state index is -1.44. The molecule has 39 heavy (non-hydrogen) atoms. The summed E-state index contributed by atoms with van der Waals surface area (Å²) in [6.45, 7) is 0.748. The number of nitrogens with two attached hydrogens (primary N) is 1. The lowest BCUT2D eigenvalue weighted by atomic mass is 10.0. The van der Waals surface area contributed by atoms with Crippen LogP contribution in [0.15, 0.2) is 60.8 Å². The van der Waals surface area contributed by atoms with Crippen molar-refractivity contribution in [2.24, 2.45) is 11.1 Å². The molecule has 0 bridgehead atoms. The first kappa shape index (κ1) is 27.5. The third-order valence-electron chi connectivity index (χ3n) is 6.26. The lowest BCUT2D eigenvalue weighted by Gasteiger charge is -2.27. The smallest absolute Gasteiger partial charge is 0.322 e. The highest BCUT2D eigenvalue weighted by molar-refractivity contribution is 6.16. The highest BCUT2D eigenvalue weighted by Crippen LogP contribution is 2.49. The van der Waals surface area contributed by atoms with E-state index in [0.717, 1.165) is 23.1 Å². The van der Waals surface area contributed by atoms with Gasteiger partial charge in [0.15, 0.2) is 5.82 Å². The third kappa shape index (κ3) is 6.12. The van der Waals surface area contributed by atoms with Crippen LogP contribution in [0.25, 0.3) is 0 Å². The fraction of sp³-hybridized carbons (Fsp3) is 0.259. The van der Waals surface area contributed by atoms with Crippen LogP contribution in [0.4, 0.5) is 30.8 Å². The number of rotatable bonds is 10.